The first kappa shape index (κ1) is 11.4. The van der Waals surface area contributed by atoms with E-state index in [9.17, 15) is 0 Å². The summed E-state index contributed by atoms with van der Waals surface area (Å²) in [5.41, 5.74) is 0. The van der Waals surface area contributed by atoms with E-state index < -0.39 is 0 Å². The lowest BCUT2D eigenvalue weighted by Crippen LogP contribution is -2.19. The molecule has 0 saturated carbocycles. The second-order valence-electron chi connectivity index (χ2n) is 2.61. The van der Waals surface area contributed by atoms with Gasteiger partial charge in [-0.2, -0.15) is 5.26 Å². The largest absolute Gasteiger partial charge is 0.353 e. The van der Waals surface area contributed by atoms with Crippen molar-refractivity contribution >= 4 is 0 Å². The third-order valence-electron chi connectivity index (χ3n) is 1.47. The molecule has 0 rings (SSSR count). The second kappa shape index (κ2) is 7.08. The number of ether oxygens (including phenoxy) is 2. The topological polar surface area (TPSA) is 42.2 Å². The summed E-state index contributed by atoms with van der Waals surface area (Å²) in [6.45, 7) is 6.96. The molecule has 0 N–H and O–H groups in total. The van der Waals surface area contributed by atoms with Crippen LogP contribution in [0.2, 0.25) is 0 Å². The van der Waals surface area contributed by atoms with Gasteiger partial charge in [0, 0.05) is 25.6 Å². The van der Waals surface area contributed by atoms with E-state index in [4.69, 9.17) is 14.7 Å². The summed E-state index contributed by atoms with van der Waals surface area (Å²) in [6, 6.07) is 2.15. The molecule has 0 aromatic rings. The highest BCUT2D eigenvalue weighted by Gasteiger charge is 2.11. The molecule has 1 unspecified atom stereocenters. The zero-order chi connectivity index (χ0) is 9.40. The monoisotopic (exact) mass is 171 g/mol. The average Bonchev–Trinajstić information content (AvgIpc) is 2.05. The van der Waals surface area contributed by atoms with Gasteiger partial charge in [0.2, 0.25) is 0 Å². The number of hydrogen-bond acceptors (Lipinski definition) is 3. The maximum atomic E-state index is 8.56. The van der Waals surface area contributed by atoms with E-state index in [1.807, 2.05) is 20.8 Å². The van der Waals surface area contributed by atoms with Crippen LogP contribution in [0.15, 0.2) is 0 Å². The van der Waals surface area contributed by atoms with E-state index >= 15 is 0 Å². The summed E-state index contributed by atoms with van der Waals surface area (Å²) < 4.78 is 10.6. The Hall–Kier alpha value is -0.590. The van der Waals surface area contributed by atoms with Crippen LogP contribution < -0.4 is 0 Å². The minimum atomic E-state index is -0.213. The van der Waals surface area contributed by atoms with Crippen molar-refractivity contribution in [3.8, 4) is 6.07 Å². The minimum Gasteiger partial charge on any atom is -0.353 e. The first-order valence-corrected chi connectivity index (χ1v) is 4.37. The maximum absolute atomic E-state index is 8.56. The van der Waals surface area contributed by atoms with Crippen molar-refractivity contribution in [3.05, 3.63) is 0 Å². The third kappa shape index (κ3) is 5.11. The van der Waals surface area contributed by atoms with E-state index in [1.165, 1.54) is 0 Å². The van der Waals surface area contributed by atoms with Gasteiger partial charge in [-0.3, -0.25) is 0 Å². The van der Waals surface area contributed by atoms with Crippen molar-refractivity contribution in [2.45, 2.75) is 33.5 Å². The molecule has 1 atom stereocenters. The van der Waals surface area contributed by atoms with Crippen molar-refractivity contribution in [1.82, 2.24) is 0 Å². The second-order valence-corrected chi connectivity index (χ2v) is 2.61. The predicted octanol–water partition coefficient (Wildman–Crippen LogP) is 1.94. The normalized spacial score (nSPS) is 12.9. The van der Waals surface area contributed by atoms with Crippen LogP contribution >= 0.6 is 0 Å². The Labute approximate surface area is 74.3 Å². The van der Waals surface area contributed by atoms with Gasteiger partial charge in [-0.05, 0) is 20.8 Å². The van der Waals surface area contributed by atoms with Gasteiger partial charge < -0.3 is 9.47 Å². The van der Waals surface area contributed by atoms with E-state index in [2.05, 4.69) is 6.07 Å². The molecule has 0 amide bonds. The highest BCUT2D eigenvalue weighted by Crippen LogP contribution is 2.09. The minimum absolute atomic E-state index is 0.00639. The molecule has 0 saturated heterocycles. The van der Waals surface area contributed by atoms with Crippen LogP contribution in [-0.2, 0) is 9.47 Å². The van der Waals surface area contributed by atoms with Crippen LogP contribution in [0.1, 0.15) is 27.2 Å². The van der Waals surface area contributed by atoms with Crippen LogP contribution in [0.3, 0.4) is 0 Å². The molecule has 0 aliphatic heterocycles. The lowest BCUT2D eigenvalue weighted by molar-refractivity contribution is -0.142. The summed E-state index contributed by atoms with van der Waals surface area (Å²) in [6.07, 6.45) is 0.438. The summed E-state index contributed by atoms with van der Waals surface area (Å²) in [5.74, 6) is -0.00639. The fourth-order valence-electron chi connectivity index (χ4n) is 0.897. The zero-order valence-electron chi connectivity index (χ0n) is 8.04. The van der Waals surface area contributed by atoms with Crippen molar-refractivity contribution in [1.29, 1.82) is 5.26 Å². The van der Waals surface area contributed by atoms with Crippen LogP contribution in [0.5, 0.6) is 0 Å². The summed E-state index contributed by atoms with van der Waals surface area (Å²) in [7, 11) is 0. The summed E-state index contributed by atoms with van der Waals surface area (Å²) >= 11 is 0. The van der Waals surface area contributed by atoms with Gasteiger partial charge in [-0.25, -0.2) is 0 Å². The average molecular weight is 171 g/mol. The molecule has 0 aliphatic carbocycles. The van der Waals surface area contributed by atoms with Crippen LogP contribution in [0, 0.1) is 17.2 Å². The zero-order valence-corrected chi connectivity index (χ0v) is 8.04. The lowest BCUT2D eigenvalue weighted by Gasteiger charge is -2.17. The number of nitrogens with zero attached hydrogens (tertiary/aromatic N) is 1. The molecule has 0 aliphatic rings. The quantitative estimate of drug-likeness (QED) is 0.573. The molecule has 0 bridgehead atoms. The van der Waals surface area contributed by atoms with Crippen LogP contribution in [0.25, 0.3) is 0 Å². The lowest BCUT2D eigenvalue weighted by atomic mass is 10.1. The molecule has 3 nitrogen and oxygen atoms in total. The van der Waals surface area contributed by atoms with Gasteiger partial charge in [-0.1, -0.05) is 0 Å². The molecule has 0 aromatic heterocycles. The van der Waals surface area contributed by atoms with Crippen molar-refractivity contribution in [2.24, 2.45) is 5.92 Å². The van der Waals surface area contributed by atoms with Crippen LogP contribution in [-0.4, -0.2) is 19.5 Å². The first-order valence-electron chi connectivity index (χ1n) is 4.37. The Morgan fingerprint density at radius 2 is 1.75 bits per heavy atom. The summed E-state index contributed by atoms with van der Waals surface area (Å²) in [5, 5.41) is 8.56. The molecule has 0 aromatic carbocycles. The van der Waals surface area contributed by atoms with E-state index in [-0.39, 0.29) is 12.2 Å². The van der Waals surface area contributed by atoms with Gasteiger partial charge in [-0.15, -0.1) is 0 Å². The molecule has 0 radical (unpaired) electrons. The van der Waals surface area contributed by atoms with Gasteiger partial charge in [0.25, 0.3) is 0 Å². The summed E-state index contributed by atoms with van der Waals surface area (Å²) in [4.78, 5) is 0. The highest BCUT2D eigenvalue weighted by molar-refractivity contribution is 4.79. The number of hydrogen-bond donors (Lipinski definition) is 0. The van der Waals surface area contributed by atoms with Crippen molar-refractivity contribution in [3.63, 3.8) is 0 Å². The Bertz CT molecular complexity index is 136. The molecule has 0 spiro atoms. The predicted molar refractivity (Wildman–Crippen MR) is 46.4 cm³/mol. The molecule has 70 valence electrons. The SMILES string of the molecule is CCOC(CC(C)C#N)OCC. The first-order chi connectivity index (χ1) is 5.74. The van der Waals surface area contributed by atoms with Gasteiger partial charge in [0.1, 0.15) is 0 Å². The molecule has 12 heavy (non-hydrogen) atoms. The Balaban J connectivity index is 3.70. The Kier molecular flexibility index (Phi) is 6.73. The van der Waals surface area contributed by atoms with Gasteiger partial charge >= 0.3 is 0 Å². The molecule has 3 heteroatoms. The van der Waals surface area contributed by atoms with Gasteiger partial charge in [0.05, 0.1) is 6.07 Å². The van der Waals surface area contributed by atoms with Crippen LogP contribution in [0.4, 0.5) is 0 Å². The number of rotatable bonds is 6. The fraction of sp³-hybridized carbons (Fsp3) is 0.889. The van der Waals surface area contributed by atoms with E-state index in [1.54, 1.807) is 0 Å². The molecule has 0 fully saturated rings. The third-order valence-corrected chi connectivity index (χ3v) is 1.47. The molecular weight excluding hydrogens is 154 g/mol. The number of nitriles is 1. The molecule has 0 heterocycles. The molecular formula is C9H17NO2. The van der Waals surface area contributed by atoms with Gasteiger partial charge in [0.15, 0.2) is 6.29 Å². The van der Waals surface area contributed by atoms with E-state index in [0.29, 0.717) is 19.6 Å². The fourth-order valence-corrected chi connectivity index (χ4v) is 0.897. The van der Waals surface area contributed by atoms with Crippen molar-refractivity contribution < 1.29 is 9.47 Å². The van der Waals surface area contributed by atoms with Crippen molar-refractivity contribution in [2.75, 3.05) is 13.2 Å². The highest BCUT2D eigenvalue weighted by atomic mass is 16.7. The standard InChI is InChI=1S/C9H17NO2/c1-4-11-9(12-5-2)6-8(3)7-10/h8-9H,4-6H2,1-3H3. The smallest absolute Gasteiger partial charge is 0.158 e. The Morgan fingerprint density at radius 3 is 2.08 bits per heavy atom. The Morgan fingerprint density at radius 1 is 1.25 bits per heavy atom. The maximum Gasteiger partial charge on any atom is 0.158 e. The van der Waals surface area contributed by atoms with E-state index in [0.717, 1.165) is 0 Å².